The molecule has 1 aliphatic carbocycles. The number of hydrogen-bond donors (Lipinski definition) is 1. The van der Waals surface area contributed by atoms with Gasteiger partial charge in [0, 0.05) is 20.6 Å². The van der Waals surface area contributed by atoms with E-state index in [-0.39, 0.29) is 26.1 Å². The largest absolute Gasteiger partial charge is 0.398 e. The molecule has 1 aromatic rings. The topological polar surface area (TPSA) is 54.4 Å². The van der Waals surface area contributed by atoms with Gasteiger partial charge < -0.3 is 5.73 Å². The normalized spacial score (nSPS) is 18.6. The summed E-state index contributed by atoms with van der Waals surface area (Å²) in [7, 11) is 0. The number of Topliss-reactive ketones (excluding diaryl/α,β-unsaturated/α-hetero) is 1. The molecule has 0 bridgehead atoms. The second kappa shape index (κ2) is 11.0. The second-order valence-electron chi connectivity index (χ2n) is 14.3. The zero-order valence-electron chi connectivity index (χ0n) is 26.0. The summed E-state index contributed by atoms with van der Waals surface area (Å²) in [6, 6.07) is 4.08. The molecule has 0 radical (unpaired) electrons. The molecular weight excluding hydrogens is 539 g/mol. The standard InChI is InChI=1S/C33H45NO2S3/c1-19(21-17-25(38-32(8,9)10)36-26(18-21)39-33(11,12)13)27-28(34)22(29(27)35)14-20-15-23(30(2,3)4)37-24(16-20)31(5,6)7/h14-18H,1-13H3,(H-,34,35)/p+1. The van der Waals surface area contributed by atoms with Crippen molar-refractivity contribution in [1.82, 2.24) is 0 Å². The Labute approximate surface area is 249 Å². The predicted molar refractivity (Wildman–Crippen MR) is 174 cm³/mol. The molecule has 2 N–H and O–H groups in total. The third-order valence-corrected chi connectivity index (χ3v) is 9.94. The maximum absolute atomic E-state index is 13.5. The summed E-state index contributed by atoms with van der Waals surface area (Å²) < 4.78 is 6.24. The van der Waals surface area contributed by atoms with E-state index >= 15 is 0 Å². The van der Waals surface area contributed by atoms with Crippen molar-refractivity contribution in [1.29, 1.82) is 0 Å². The number of thioether (sulfide) groups is 3. The van der Waals surface area contributed by atoms with E-state index < -0.39 is 0 Å². The summed E-state index contributed by atoms with van der Waals surface area (Å²) >= 11 is 5.21. The fourth-order valence-corrected chi connectivity index (χ4v) is 7.13. The summed E-state index contributed by atoms with van der Waals surface area (Å²) in [4.78, 5) is 16.1. The van der Waals surface area contributed by atoms with Gasteiger partial charge in [-0.1, -0.05) is 94.8 Å². The Morgan fingerprint density at radius 1 is 0.821 bits per heavy atom. The van der Waals surface area contributed by atoms with E-state index in [0.29, 0.717) is 16.8 Å². The SMILES string of the molecule is CC(=C1C(=O)C(C=C2C=C(C(C)(C)C)SC(C(C)(C)C)=C2)=C1N)c1cc(SC(C)(C)C)[o+]c(SC(C)(C)C)c1. The first-order valence-corrected chi connectivity index (χ1v) is 16.0. The van der Waals surface area contributed by atoms with Gasteiger partial charge in [0.15, 0.2) is 5.78 Å². The molecule has 2 aliphatic rings. The van der Waals surface area contributed by atoms with Crippen molar-refractivity contribution in [2.24, 2.45) is 16.6 Å². The Morgan fingerprint density at radius 2 is 1.26 bits per heavy atom. The van der Waals surface area contributed by atoms with Crippen LogP contribution in [0.2, 0.25) is 0 Å². The van der Waals surface area contributed by atoms with Crippen molar-refractivity contribution in [3.05, 3.63) is 68.2 Å². The molecule has 0 spiro atoms. The molecule has 6 heteroatoms. The van der Waals surface area contributed by atoms with E-state index in [2.05, 4.69) is 95.2 Å². The van der Waals surface area contributed by atoms with Gasteiger partial charge in [-0.05, 0) is 86.0 Å². The zero-order valence-corrected chi connectivity index (χ0v) is 28.5. The van der Waals surface area contributed by atoms with E-state index in [0.717, 1.165) is 26.9 Å². The van der Waals surface area contributed by atoms with Gasteiger partial charge in [-0.25, -0.2) is 0 Å². The van der Waals surface area contributed by atoms with E-state index in [4.69, 9.17) is 10.2 Å². The fraction of sp³-hybridized carbons (Fsp3) is 0.515. The zero-order chi connectivity index (χ0) is 29.7. The smallest absolute Gasteiger partial charge is 0.389 e. The Morgan fingerprint density at radius 3 is 1.62 bits per heavy atom. The van der Waals surface area contributed by atoms with Crippen molar-refractivity contribution in [2.45, 2.75) is 110 Å². The highest BCUT2D eigenvalue weighted by Crippen LogP contribution is 2.49. The van der Waals surface area contributed by atoms with Crippen LogP contribution in [0.1, 0.15) is 95.6 Å². The molecule has 1 aromatic heterocycles. The van der Waals surface area contributed by atoms with Gasteiger partial charge >= 0.3 is 10.2 Å². The van der Waals surface area contributed by atoms with Gasteiger partial charge in [0.25, 0.3) is 0 Å². The highest BCUT2D eigenvalue weighted by Gasteiger charge is 2.35. The molecule has 0 unspecified atom stereocenters. The van der Waals surface area contributed by atoms with Gasteiger partial charge in [0.05, 0.1) is 17.8 Å². The van der Waals surface area contributed by atoms with Gasteiger partial charge in [0.2, 0.25) is 0 Å². The van der Waals surface area contributed by atoms with Crippen molar-refractivity contribution >= 4 is 46.6 Å². The summed E-state index contributed by atoms with van der Waals surface area (Å²) in [5.41, 5.74) is 11.3. The number of allylic oxidation sites excluding steroid dienone is 9. The molecule has 3 nitrogen and oxygen atoms in total. The Hall–Kier alpha value is -1.63. The molecule has 0 fully saturated rings. The van der Waals surface area contributed by atoms with Gasteiger partial charge in [0.1, 0.15) is 0 Å². The first-order valence-electron chi connectivity index (χ1n) is 13.5. The number of ketones is 1. The highest BCUT2D eigenvalue weighted by molar-refractivity contribution is 8.06. The first-order chi connectivity index (χ1) is 17.5. The summed E-state index contributed by atoms with van der Waals surface area (Å²) in [6.45, 7) is 28.4. The van der Waals surface area contributed by atoms with E-state index in [1.807, 2.05) is 36.9 Å². The summed E-state index contributed by atoms with van der Waals surface area (Å²) in [5.74, 6) is 0.00276. The van der Waals surface area contributed by atoms with Crippen LogP contribution < -0.4 is 5.73 Å². The van der Waals surface area contributed by atoms with Crippen LogP contribution >= 0.6 is 35.3 Å². The van der Waals surface area contributed by atoms with Crippen LogP contribution in [-0.4, -0.2) is 15.3 Å². The van der Waals surface area contributed by atoms with E-state index in [9.17, 15) is 4.79 Å². The molecule has 2 heterocycles. The molecule has 3 rings (SSSR count). The van der Waals surface area contributed by atoms with E-state index in [1.165, 1.54) is 9.81 Å². The first kappa shape index (κ1) is 31.9. The minimum atomic E-state index is -0.00541. The summed E-state index contributed by atoms with van der Waals surface area (Å²) in [5, 5.41) is 1.67. The second-order valence-corrected chi connectivity index (χ2v) is 19.1. The van der Waals surface area contributed by atoms with Crippen molar-refractivity contribution in [3.8, 4) is 0 Å². The lowest BCUT2D eigenvalue weighted by Crippen LogP contribution is -2.28. The molecule has 0 aromatic carbocycles. The van der Waals surface area contributed by atoms with Gasteiger partial charge in [-0.2, -0.15) is 4.42 Å². The van der Waals surface area contributed by atoms with Gasteiger partial charge in [-0.3, -0.25) is 4.79 Å². The monoisotopic (exact) mass is 584 g/mol. The van der Waals surface area contributed by atoms with Crippen LogP contribution in [0.3, 0.4) is 0 Å². The number of rotatable bonds is 4. The molecule has 1 aliphatic heterocycles. The number of carbonyl (C=O) groups excluding carboxylic acids is 1. The lowest BCUT2D eigenvalue weighted by molar-refractivity contribution is -0.112. The third kappa shape index (κ3) is 8.20. The third-order valence-electron chi connectivity index (χ3n) is 6.01. The lowest BCUT2D eigenvalue weighted by Gasteiger charge is -2.32. The minimum Gasteiger partial charge on any atom is -0.398 e. The summed E-state index contributed by atoms with van der Waals surface area (Å²) in [6.07, 6.45) is 6.37. The maximum atomic E-state index is 13.5. The van der Waals surface area contributed by atoms with Crippen molar-refractivity contribution in [3.63, 3.8) is 0 Å². The molecule has 0 amide bonds. The van der Waals surface area contributed by atoms with E-state index in [1.54, 1.807) is 23.5 Å². The Kier molecular flexibility index (Phi) is 8.98. The quantitative estimate of drug-likeness (QED) is 0.216. The van der Waals surface area contributed by atoms with Crippen LogP contribution in [0.5, 0.6) is 0 Å². The molecular formula is C33H46NO2S3+. The van der Waals surface area contributed by atoms with Crippen LogP contribution in [0.25, 0.3) is 5.57 Å². The molecule has 39 heavy (non-hydrogen) atoms. The maximum Gasteiger partial charge on any atom is 0.389 e. The van der Waals surface area contributed by atoms with Crippen LogP contribution in [0, 0.1) is 10.8 Å². The predicted octanol–water partition coefficient (Wildman–Crippen LogP) is 10.4. The highest BCUT2D eigenvalue weighted by atomic mass is 32.2. The van der Waals surface area contributed by atoms with Crippen LogP contribution in [-0.2, 0) is 4.79 Å². The fourth-order valence-electron chi connectivity index (χ4n) is 4.00. The average Bonchev–Trinajstić information content (AvgIpc) is 2.73. The number of carbonyl (C=O) groups is 1. The average molecular weight is 585 g/mol. The molecule has 0 atom stereocenters. The Bertz CT molecular complexity index is 1260. The molecule has 0 saturated carbocycles. The van der Waals surface area contributed by atoms with Crippen molar-refractivity contribution in [2.75, 3.05) is 0 Å². The molecule has 0 saturated heterocycles. The number of nitrogens with two attached hydrogens (primary N) is 1. The lowest BCUT2D eigenvalue weighted by atomic mass is 9.81. The molecule has 212 valence electrons. The minimum absolute atomic E-state index is 0.00276. The van der Waals surface area contributed by atoms with Gasteiger partial charge in [-0.15, -0.1) is 0 Å². The van der Waals surface area contributed by atoms with Crippen LogP contribution in [0.4, 0.5) is 0 Å². The van der Waals surface area contributed by atoms with Crippen LogP contribution in [0.15, 0.2) is 77.2 Å². The van der Waals surface area contributed by atoms with Crippen molar-refractivity contribution < 1.29 is 9.21 Å². The Balaban J connectivity index is 2.09. The number of hydrogen-bond acceptors (Lipinski definition) is 5.